The number of likely N-dealkylation sites (tertiary alicyclic amines) is 1. The summed E-state index contributed by atoms with van der Waals surface area (Å²) in [6.07, 6.45) is 1.25. The molecule has 8 heteroatoms. The van der Waals surface area contributed by atoms with Gasteiger partial charge >= 0.3 is 0 Å². The van der Waals surface area contributed by atoms with Gasteiger partial charge in [-0.15, -0.1) is 0 Å². The number of halogens is 2. The summed E-state index contributed by atoms with van der Waals surface area (Å²) in [6.45, 7) is 1.77. The van der Waals surface area contributed by atoms with Gasteiger partial charge in [-0.1, -0.05) is 11.3 Å². The summed E-state index contributed by atoms with van der Waals surface area (Å²) < 4.78 is 33.0. The van der Waals surface area contributed by atoms with Crippen LogP contribution in [0.2, 0.25) is 0 Å². The van der Waals surface area contributed by atoms with Gasteiger partial charge in [0, 0.05) is 39.0 Å². The summed E-state index contributed by atoms with van der Waals surface area (Å²) in [6, 6.07) is 5.80. The van der Waals surface area contributed by atoms with Gasteiger partial charge in [-0.3, -0.25) is 4.79 Å². The first kappa shape index (κ1) is 18.4. The number of benzene rings is 1. The van der Waals surface area contributed by atoms with E-state index in [1.165, 1.54) is 0 Å². The third-order valence-corrected chi connectivity index (χ3v) is 6.51. The Morgan fingerprint density at radius 1 is 1.30 bits per heavy atom. The van der Waals surface area contributed by atoms with Crippen LogP contribution in [0.1, 0.15) is 25.7 Å². The highest BCUT2D eigenvalue weighted by Crippen LogP contribution is 2.34. The average molecular weight is 395 g/mol. The van der Waals surface area contributed by atoms with Crippen molar-refractivity contribution in [2.45, 2.75) is 31.6 Å². The molecule has 3 heterocycles. The Hall–Kier alpha value is -1.96. The number of nitrogens with zero attached hydrogens (tertiary/aromatic N) is 3. The number of amides is 1. The van der Waals surface area contributed by atoms with Gasteiger partial charge in [0.15, 0.2) is 5.13 Å². The molecule has 0 N–H and O–H groups in total. The maximum Gasteiger partial charge on any atom is 0.251 e. The van der Waals surface area contributed by atoms with Crippen LogP contribution in [0.5, 0.6) is 5.75 Å². The third-order valence-electron chi connectivity index (χ3n) is 5.43. The number of carbonyl (C=O) groups is 1. The average Bonchev–Trinajstić information content (AvgIpc) is 3.11. The van der Waals surface area contributed by atoms with Crippen molar-refractivity contribution in [3.8, 4) is 5.75 Å². The van der Waals surface area contributed by atoms with Gasteiger partial charge < -0.3 is 14.5 Å². The zero-order valence-corrected chi connectivity index (χ0v) is 16.1. The van der Waals surface area contributed by atoms with E-state index in [0.29, 0.717) is 6.54 Å². The van der Waals surface area contributed by atoms with Crippen LogP contribution in [0, 0.1) is 5.92 Å². The lowest BCUT2D eigenvalue weighted by Gasteiger charge is -2.37. The minimum absolute atomic E-state index is 0.0120. The third kappa shape index (κ3) is 3.85. The van der Waals surface area contributed by atoms with Crippen LogP contribution in [-0.2, 0) is 4.79 Å². The Labute approximate surface area is 160 Å². The van der Waals surface area contributed by atoms with Crippen molar-refractivity contribution < 1.29 is 18.3 Å². The molecule has 5 nitrogen and oxygen atoms in total. The Morgan fingerprint density at radius 2 is 2.07 bits per heavy atom. The Morgan fingerprint density at radius 3 is 2.81 bits per heavy atom. The maximum atomic E-state index is 13.4. The van der Waals surface area contributed by atoms with Gasteiger partial charge in [-0.25, -0.2) is 13.8 Å². The fourth-order valence-corrected chi connectivity index (χ4v) is 4.85. The highest BCUT2D eigenvalue weighted by Gasteiger charge is 2.38. The lowest BCUT2D eigenvalue weighted by Crippen LogP contribution is -2.49. The largest absolute Gasteiger partial charge is 0.497 e. The molecule has 0 aliphatic carbocycles. The van der Waals surface area contributed by atoms with Crippen molar-refractivity contribution >= 4 is 32.6 Å². The second kappa shape index (κ2) is 7.22. The number of thiazole rings is 1. The van der Waals surface area contributed by atoms with Crippen molar-refractivity contribution in [2.75, 3.05) is 38.2 Å². The summed E-state index contributed by atoms with van der Waals surface area (Å²) in [5, 5.41) is 0.904. The van der Waals surface area contributed by atoms with Gasteiger partial charge in [-0.2, -0.15) is 0 Å². The van der Waals surface area contributed by atoms with Crippen LogP contribution in [0.4, 0.5) is 13.9 Å². The standard InChI is InChI=1S/C19H23F2N3O2S/c1-26-14-4-5-15-16(11-14)27-18(22-15)24-8-2-3-13(12-24)17(25)23-9-6-19(20,21)7-10-23/h4-5,11,13H,2-3,6-10,12H2,1H3. The molecular weight excluding hydrogens is 372 g/mol. The van der Waals surface area contributed by atoms with Crippen LogP contribution in [-0.4, -0.2) is 55.0 Å². The maximum absolute atomic E-state index is 13.4. The molecule has 0 bridgehead atoms. The molecule has 2 fully saturated rings. The van der Waals surface area contributed by atoms with E-state index in [4.69, 9.17) is 9.72 Å². The monoisotopic (exact) mass is 395 g/mol. The Bertz CT molecular complexity index is 831. The summed E-state index contributed by atoms with van der Waals surface area (Å²) in [4.78, 5) is 21.3. The second-order valence-electron chi connectivity index (χ2n) is 7.30. The smallest absolute Gasteiger partial charge is 0.251 e. The number of methoxy groups -OCH3 is 1. The zero-order chi connectivity index (χ0) is 19.0. The SMILES string of the molecule is COc1ccc2nc(N3CCCC(C(=O)N4CCC(F)(F)CC4)C3)sc2c1. The molecule has 27 heavy (non-hydrogen) atoms. The van der Waals surface area contributed by atoms with E-state index in [1.807, 2.05) is 18.2 Å². The molecule has 1 amide bonds. The number of anilines is 1. The van der Waals surface area contributed by atoms with E-state index >= 15 is 0 Å². The van der Waals surface area contributed by atoms with Gasteiger partial charge in [0.25, 0.3) is 5.92 Å². The highest BCUT2D eigenvalue weighted by atomic mass is 32.1. The molecule has 2 saturated heterocycles. The normalized spacial score (nSPS) is 22.9. The highest BCUT2D eigenvalue weighted by molar-refractivity contribution is 7.22. The van der Waals surface area contributed by atoms with Gasteiger partial charge in [-0.05, 0) is 31.0 Å². The first-order chi connectivity index (χ1) is 12.9. The lowest BCUT2D eigenvalue weighted by atomic mass is 9.95. The predicted octanol–water partition coefficient (Wildman–Crippen LogP) is 3.78. The fourth-order valence-electron chi connectivity index (χ4n) is 3.82. The number of carbonyl (C=O) groups excluding carboxylic acids is 1. The number of hydrogen-bond donors (Lipinski definition) is 0. The summed E-state index contributed by atoms with van der Waals surface area (Å²) in [5.41, 5.74) is 0.919. The number of ether oxygens (including phenoxy) is 1. The summed E-state index contributed by atoms with van der Waals surface area (Å²) in [7, 11) is 1.64. The van der Waals surface area contributed by atoms with E-state index < -0.39 is 5.92 Å². The number of aromatic nitrogens is 1. The van der Waals surface area contributed by atoms with Crippen molar-refractivity contribution in [1.82, 2.24) is 9.88 Å². The molecule has 146 valence electrons. The Balaban J connectivity index is 1.45. The van der Waals surface area contributed by atoms with Crippen molar-refractivity contribution in [1.29, 1.82) is 0 Å². The van der Waals surface area contributed by atoms with E-state index in [-0.39, 0.29) is 37.8 Å². The minimum Gasteiger partial charge on any atom is -0.497 e. The predicted molar refractivity (Wildman–Crippen MR) is 102 cm³/mol. The summed E-state index contributed by atoms with van der Waals surface area (Å²) >= 11 is 1.59. The second-order valence-corrected chi connectivity index (χ2v) is 8.31. The van der Waals surface area contributed by atoms with Crippen LogP contribution in [0.15, 0.2) is 18.2 Å². The van der Waals surface area contributed by atoms with Crippen molar-refractivity contribution in [3.63, 3.8) is 0 Å². The molecule has 2 aromatic rings. The van der Waals surface area contributed by atoms with Crippen LogP contribution in [0.3, 0.4) is 0 Å². The lowest BCUT2D eigenvalue weighted by molar-refractivity contribution is -0.141. The molecule has 0 spiro atoms. The topological polar surface area (TPSA) is 45.7 Å². The number of fused-ring (bicyclic) bond motifs is 1. The minimum atomic E-state index is -2.63. The molecule has 1 aromatic carbocycles. The number of piperidine rings is 2. The van der Waals surface area contributed by atoms with Gasteiger partial charge in [0.05, 0.1) is 23.2 Å². The molecule has 1 unspecified atom stereocenters. The van der Waals surface area contributed by atoms with Gasteiger partial charge in [0.2, 0.25) is 5.91 Å². The van der Waals surface area contributed by atoms with Crippen molar-refractivity contribution in [3.05, 3.63) is 18.2 Å². The van der Waals surface area contributed by atoms with E-state index in [1.54, 1.807) is 23.3 Å². The molecule has 1 atom stereocenters. The van der Waals surface area contributed by atoms with Crippen LogP contribution >= 0.6 is 11.3 Å². The first-order valence-electron chi connectivity index (χ1n) is 9.31. The summed E-state index contributed by atoms with van der Waals surface area (Å²) in [5.74, 6) is -1.96. The Kier molecular flexibility index (Phi) is 4.92. The molecular formula is C19H23F2N3O2S. The van der Waals surface area contributed by atoms with Crippen molar-refractivity contribution in [2.24, 2.45) is 5.92 Å². The number of rotatable bonds is 3. The molecule has 2 aliphatic rings. The number of alkyl halides is 2. The van der Waals surface area contributed by atoms with Crippen LogP contribution < -0.4 is 9.64 Å². The van der Waals surface area contributed by atoms with Crippen LogP contribution in [0.25, 0.3) is 10.2 Å². The first-order valence-corrected chi connectivity index (χ1v) is 10.1. The molecule has 0 radical (unpaired) electrons. The number of hydrogen-bond acceptors (Lipinski definition) is 5. The fraction of sp³-hybridized carbons (Fsp3) is 0.579. The molecule has 2 aliphatic heterocycles. The molecule has 0 saturated carbocycles. The van der Waals surface area contributed by atoms with E-state index in [9.17, 15) is 13.6 Å². The van der Waals surface area contributed by atoms with E-state index in [2.05, 4.69) is 4.90 Å². The zero-order valence-electron chi connectivity index (χ0n) is 15.3. The van der Waals surface area contributed by atoms with Gasteiger partial charge in [0.1, 0.15) is 5.75 Å². The molecule has 4 rings (SSSR count). The quantitative estimate of drug-likeness (QED) is 0.794. The van der Waals surface area contributed by atoms with E-state index in [0.717, 1.165) is 40.5 Å². The molecule has 1 aromatic heterocycles.